The molecule has 1 aliphatic carbocycles. The van der Waals surface area contributed by atoms with Gasteiger partial charge >= 0.3 is 0 Å². The summed E-state index contributed by atoms with van der Waals surface area (Å²) in [5, 5.41) is 10.2. The molecule has 6 rings (SSSR count). The molecule has 2 aromatic heterocycles. The van der Waals surface area contributed by atoms with E-state index in [-0.39, 0.29) is 35.0 Å². The van der Waals surface area contributed by atoms with Gasteiger partial charge in [-0.1, -0.05) is 30.3 Å². The topological polar surface area (TPSA) is 115 Å². The standard InChI is InChI=1S/C29H27N5O4/c1-16-21(17(2)35)5-6-23-22(16)7-8-24(23)33-29(37)26-12-25(32-27-9-10-31-34(26)27)28(36)30-13-18-3-4-19-14-38-15-20(19)11-18/h3-6,9-12,24H,7-8,13-15H2,1-2H3,(H,30,36)(H,33,37)/t24-/m0/s1. The van der Waals surface area contributed by atoms with Gasteiger partial charge < -0.3 is 15.4 Å². The molecule has 0 spiro atoms. The normalized spacial score (nSPS) is 15.8. The Bertz CT molecular complexity index is 1620. The van der Waals surface area contributed by atoms with Crippen molar-refractivity contribution in [3.05, 3.63) is 99.0 Å². The van der Waals surface area contributed by atoms with Crippen molar-refractivity contribution in [1.82, 2.24) is 25.2 Å². The smallest absolute Gasteiger partial charge is 0.270 e. The van der Waals surface area contributed by atoms with Crippen LogP contribution in [0.4, 0.5) is 0 Å². The fraction of sp³-hybridized carbons (Fsp3) is 0.276. The van der Waals surface area contributed by atoms with Crippen LogP contribution in [-0.2, 0) is 30.9 Å². The minimum absolute atomic E-state index is 0.0339. The molecule has 2 amide bonds. The molecule has 0 saturated carbocycles. The fourth-order valence-electron chi connectivity index (χ4n) is 5.44. The largest absolute Gasteiger partial charge is 0.372 e. The third kappa shape index (κ3) is 4.24. The molecule has 1 atom stereocenters. The summed E-state index contributed by atoms with van der Waals surface area (Å²) >= 11 is 0. The third-order valence-electron chi connectivity index (χ3n) is 7.44. The van der Waals surface area contributed by atoms with Gasteiger partial charge in [-0.15, -0.1) is 0 Å². The summed E-state index contributed by atoms with van der Waals surface area (Å²) in [5.41, 5.74) is 7.86. The first-order chi connectivity index (χ1) is 18.4. The van der Waals surface area contributed by atoms with E-state index in [9.17, 15) is 14.4 Å². The van der Waals surface area contributed by atoms with Crippen LogP contribution in [0.5, 0.6) is 0 Å². The van der Waals surface area contributed by atoms with Crippen molar-refractivity contribution < 1.29 is 19.1 Å². The molecule has 1 aliphatic heterocycles. The lowest BCUT2D eigenvalue weighted by atomic mass is 9.96. The maximum atomic E-state index is 13.4. The van der Waals surface area contributed by atoms with Gasteiger partial charge in [0.2, 0.25) is 0 Å². The fourth-order valence-corrected chi connectivity index (χ4v) is 5.44. The summed E-state index contributed by atoms with van der Waals surface area (Å²) in [6.45, 7) is 5.05. The van der Waals surface area contributed by atoms with E-state index in [1.54, 1.807) is 19.2 Å². The maximum absolute atomic E-state index is 13.4. The Morgan fingerprint density at radius 2 is 1.89 bits per heavy atom. The van der Waals surface area contributed by atoms with E-state index in [1.807, 2.05) is 37.3 Å². The highest BCUT2D eigenvalue weighted by atomic mass is 16.5. The summed E-state index contributed by atoms with van der Waals surface area (Å²) in [5.74, 6) is -0.690. The monoisotopic (exact) mass is 509 g/mol. The van der Waals surface area contributed by atoms with Crippen molar-refractivity contribution in [3.8, 4) is 0 Å². The van der Waals surface area contributed by atoms with Gasteiger partial charge in [0.1, 0.15) is 11.4 Å². The first-order valence-corrected chi connectivity index (χ1v) is 12.6. The van der Waals surface area contributed by atoms with Gasteiger partial charge in [0, 0.05) is 24.2 Å². The Hall–Kier alpha value is -4.37. The van der Waals surface area contributed by atoms with Crippen LogP contribution in [0.25, 0.3) is 5.65 Å². The van der Waals surface area contributed by atoms with Crippen molar-refractivity contribution in [2.24, 2.45) is 0 Å². The van der Waals surface area contributed by atoms with Crippen LogP contribution in [0.15, 0.2) is 48.7 Å². The Morgan fingerprint density at radius 3 is 2.74 bits per heavy atom. The third-order valence-corrected chi connectivity index (χ3v) is 7.44. The molecule has 2 aliphatic rings. The Kier molecular flexibility index (Phi) is 6.00. The summed E-state index contributed by atoms with van der Waals surface area (Å²) in [6.07, 6.45) is 3.06. The second kappa shape index (κ2) is 9.50. The molecule has 3 heterocycles. The predicted molar refractivity (Wildman–Crippen MR) is 139 cm³/mol. The average Bonchev–Trinajstić information content (AvgIpc) is 3.66. The number of nitrogens with zero attached hydrogens (tertiary/aromatic N) is 3. The summed E-state index contributed by atoms with van der Waals surface area (Å²) in [6, 6.07) is 12.7. The lowest BCUT2D eigenvalue weighted by molar-refractivity contribution is 0.0927. The van der Waals surface area contributed by atoms with Gasteiger partial charge in [-0.2, -0.15) is 5.10 Å². The number of ether oxygens (including phenoxy) is 1. The van der Waals surface area contributed by atoms with Gasteiger partial charge in [0.05, 0.1) is 25.5 Å². The molecule has 9 heteroatoms. The molecule has 192 valence electrons. The lowest BCUT2D eigenvalue weighted by Gasteiger charge is -2.16. The Morgan fingerprint density at radius 1 is 1.05 bits per heavy atom. The lowest BCUT2D eigenvalue weighted by Crippen LogP contribution is -2.30. The highest BCUT2D eigenvalue weighted by molar-refractivity contribution is 5.99. The van der Waals surface area contributed by atoms with Gasteiger partial charge in [-0.05, 0) is 60.1 Å². The molecule has 2 N–H and O–H groups in total. The van der Waals surface area contributed by atoms with Crippen LogP contribution < -0.4 is 10.6 Å². The molecule has 0 radical (unpaired) electrons. The van der Waals surface area contributed by atoms with E-state index in [4.69, 9.17) is 4.74 Å². The van der Waals surface area contributed by atoms with E-state index < -0.39 is 0 Å². The number of ketones is 1. The van der Waals surface area contributed by atoms with Crippen molar-refractivity contribution in [3.63, 3.8) is 0 Å². The van der Waals surface area contributed by atoms with Crippen LogP contribution in [0.1, 0.15) is 84.1 Å². The number of fused-ring (bicyclic) bond motifs is 3. The molecule has 0 fully saturated rings. The Balaban J connectivity index is 1.22. The van der Waals surface area contributed by atoms with Gasteiger partial charge in [0.15, 0.2) is 11.4 Å². The summed E-state index contributed by atoms with van der Waals surface area (Å²) in [4.78, 5) is 42.8. The zero-order chi connectivity index (χ0) is 26.4. The number of Topliss-reactive ketones (excluding diaryl/α,β-unsaturated/α-hetero) is 1. The highest BCUT2D eigenvalue weighted by Crippen LogP contribution is 2.35. The van der Waals surface area contributed by atoms with Gasteiger partial charge in [0.25, 0.3) is 11.8 Å². The van der Waals surface area contributed by atoms with E-state index in [0.717, 1.165) is 40.7 Å². The zero-order valence-corrected chi connectivity index (χ0v) is 21.2. The van der Waals surface area contributed by atoms with Crippen LogP contribution >= 0.6 is 0 Å². The molecular formula is C29H27N5O4. The second-order valence-electron chi connectivity index (χ2n) is 9.83. The highest BCUT2D eigenvalue weighted by Gasteiger charge is 2.28. The minimum Gasteiger partial charge on any atom is -0.372 e. The Labute approximate surface area is 219 Å². The number of amides is 2. The number of aromatic nitrogens is 3. The average molecular weight is 510 g/mol. The number of carbonyl (C=O) groups excluding carboxylic acids is 3. The molecule has 0 bridgehead atoms. The number of carbonyl (C=O) groups is 3. The van der Waals surface area contributed by atoms with Crippen molar-refractivity contribution in [1.29, 1.82) is 0 Å². The van der Waals surface area contributed by atoms with E-state index in [0.29, 0.717) is 31.0 Å². The van der Waals surface area contributed by atoms with Crippen LogP contribution in [-0.4, -0.2) is 32.2 Å². The molecule has 2 aromatic carbocycles. The first-order valence-electron chi connectivity index (χ1n) is 12.6. The molecular weight excluding hydrogens is 482 g/mol. The van der Waals surface area contributed by atoms with E-state index >= 15 is 0 Å². The number of hydrogen-bond donors (Lipinski definition) is 2. The van der Waals surface area contributed by atoms with Gasteiger partial charge in [-0.25, -0.2) is 9.50 Å². The maximum Gasteiger partial charge on any atom is 0.270 e. The van der Waals surface area contributed by atoms with Crippen LogP contribution in [0.2, 0.25) is 0 Å². The van der Waals surface area contributed by atoms with Crippen LogP contribution in [0.3, 0.4) is 0 Å². The van der Waals surface area contributed by atoms with Crippen molar-refractivity contribution in [2.75, 3.05) is 0 Å². The van der Waals surface area contributed by atoms with Crippen molar-refractivity contribution in [2.45, 2.75) is 52.5 Å². The zero-order valence-electron chi connectivity index (χ0n) is 21.2. The molecule has 0 saturated heterocycles. The van der Waals surface area contributed by atoms with E-state index in [2.05, 4.69) is 20.7 Å². The van der Waals surface area contributed by atoms with Crippen LogP contribution in [0, 0.1) is 6.92 Å². The molecule has 9 nitrogen and oxygen atoms in total. The first kappa shape index (κ1) is 24.0. The van der Waals surface area contributed by atoms with Gasteiger partial charge in [-0.3, -0.25) is 14.4 Å². The number of rotatable bonds is 6. The minimum atomic E-state index is -0.377. The number of nitrogens with one attached hydrogen (secondary N) is 2. The quantitative estimate of drug-likeness (QED) is 0.384. The molecule has 0 unspecified atom stereocenters. The second-order valence-corrected chi connectivity index (χ2v) is 9.83. The predicted octanol–water partition coefficient (Wildman–Crippen LogP) is 3.62. The molecule has 4 aromatic rings. The SMILES string of the molecule is CC(=O)c1ccc2c(c1C)CC[C@@H]2NC(=O)c1cc(C(=O)NCc2ccc3c(c2)COC3)nc2ccnn12. The van der Waals surface area contributed by atoms with Crippen molar-refractivity contribution >= 4 is 23.2 Å². The number of hydrogen-bond acceptors (Lipinski definition) is 6. The summed E-state index contributed by atoms with van der Waals surface area (Å²) < 4.78 is 6.90. The summed E-state index contributed by atoms with van der Waals surface area (Å²) in [7, 11) is 0. The van der Waals surface area contributed by atoms with E-state index in [1.165, 1.54) is 16.1 Å². The number of benzene rings is 2. The molecule has 38 heavy (non-hydrogen) atoms.